The molecule has 6 nitrogen and oxygen atoms in total. The predicted octanol–water partition coefficient (Wildman–Crippen LogP) is 6.80. The molecule has 0 unspecified atom stereocenters. The van der Waals surface area contributed by atoms with Gasteiger partial charge in [0.25, 0.3) is 10.0 Å². The zero-order valence-corrected chi connectivity index (χ0v) is 21.7. The van der Waals surface area contributed by atoms with E-state index in [-0.39, 0.29) is 4.90 Å². The van der Waals surface area contributed by atoms with Crippen LogP contribution in [0.3, 0.4) is 0 Å². The van der Waals surface area contributed by atoms with Gasteiger partial charge in [0.15, 0.2) is 0 Å². The molecule has 6 rings (SSSR count). The number of H-pyrrole nitrogens is 1. The van der Waals surface area contributed by atoms with Crippen LogP contribution in [0.4, 0.5) is 11.4 Å². The molecule has 2 heterocycles. The van der Waals surface area contributed by atoms with Crippen molar-refractivity contribution in [1.29, 1.82) is 0 Å². The van der Waals surface area contributed by atoms with Crippen LogP contribution >= 0.6 is 0 Å². The van der Waals surface area contributed by atoms with Gasteiger partial charge in [-0.05, 0) is 59.9 Å². The van der Waals surface area contributed by atoms with Crippen molar-refractivity contribution in [3.63, 3.8) is 0 Å². The normalized spacial score (nSPS) is 13.9. The summed E-state index contributed by atoms with van der Waals surface area (Å²) in [6, 6.07) is 30.8. The summed E-state index contributed by atoms with van der Waals surface area (Å²) in [5.41, 5.74) is 6.12. The van der Waals surface area contributed by atoms with E-state index in [1.54, 1.807) is 12.1 Å². The third-order valence-corrected chi connectivity index (χ3v) is 8.29. The molecule has 1 aromatic heterocycles. The highest BCUT2D eigenvalue weighted by Gasteiger charge is 2.22. The lowest BCUT2D eigenvalue weighted by molar-refractivity contribution is 0.601. The van der Waals surface area contributed by atoms with E-state index in [2.05, 4.69) is 19.8 Å². The second kappa shape index (κ2) is 10.2. The number of nitrogens with zero attached hydrogens (tertiary/aromatic N) is 2. The Kier molecular flexibility index (Phi) is 6.43. The van der Waals surface area contributed by atoms with Crippen molar-refractivity contribution in [3.05, 3.63) is 108 Å². The van der Waals surface area contributed by atoms with Gasteiger partial charge in [-0.15, -0.1) is 0 Å². The van der Waals surface area contributed by atoms with E-state index >= 15 is 0 Å². The highest BCUT2D eigenvalue weighted by Crippen LogP contribution is 2.36. The predicted molar refractivity (Wildman–Crippen MR) is 156 cm³/mol. The maximum absolute atomic E-state index is 13.5. The zero-order valence-electron chi connectivity index (χ0n) is 20.8. The molecule has 5 aromatic rings. The number of fused-ring (bicyclic) bond motifs is 1. The Hall–Kier alpha value is -4.36. The summed E-state index contributed by atoms with van der Waals surface area (Å²) in [5, 5.41) is 8.49. The number of rotatable bonds is 7. The molecule has 0 amide bonds. The minimum absolute atomic E-state index is 0.223. The van der Waals surface area contributed by atoms with E-state index in [0.717, 1.165) is 64.9 Å². The molecule has 0 aliphatic carbocycles. The van der Waals surface area contributed by atoms with Gasteiger partial charge >= 0.3 is 0 Å². The Morgan fingerprint density at radius 2 is 1.45 bits per heavy atom. The molecule has 0 atom stereocenters. The van der Waals surface area contributed by atoms with Crippen LogP contribution in [0.2, 0.25) is 0 Å². The molecule has 2 N–H and O–H groups in total. The van der Waals surface area contributed by atoms with Crippen molar-refractivity contribution in [3.8, 4) is 11.1 Å². The minimum Gasteiger partial charge on any atom is -0.370 e. The van der Waals surface area contributed by atoms with Gasteiger partial charge in [0, 0.05) is 18.5 Å². The van der Waals surface area contributed by atoms with Crippen LogP contribution in [0, 0.1) is 0 Å². The van der Waals surface area contributed by atoms with Gasteiger partial charge in [0.05, 0.1) is 27.5 Å². The molecule has 1 fully saturated rings. The maximum Gasteiger partial charge on any atom is 0.261 e. The first-order chi connectivity index (χ1) is 18.6. The van der Waals surface area contributed by atoms with Gasteiger partial charge < -0.3 is 4.90 Å². The molecule has 1 aliphatic rings. The fraction of sp³-hybridized carbons (Fsp3) is 0.129. The second-order valence-electron chi connectivity index (χ2n) is 9.46. The summed E-state index contributed by atoms with van der Waals surface area (Å²) in [5.74, 6) is 0. The molecule has 0 saturated carbocycles. The first kappa shape index (κ1) is 24.0. The van der Waals surface area contributed by atoms with Crippen molar-refractivity contribution in [1.82, 2.24) is 10.2 Å². The summed E-state index contributed by atoms with van der Waals surface area (Å²) in [4.78, 5) is 2.46. The van der Waals surface area contributed by atoms with Crippen LogP contribution in [0.5, 0.6) is 0 Å². The number of aromatic amines is 1. The number of nitrogens with one attached hydrogen (secondary N) is 2. The molecule has 7 heteroatoms. The van der Waals surface area contributed by atoms with E-state index in [0.29, 0.717) is 5.69 Å². The highest BCUT2D eigenvalue weighted by molar-refractivity contribution is 7.92. The SMILES string of the molecule is O=S(=O)(Nc1cc2c(C=Cc3ccccc3)n[nH]c2cc1N1CCCC1)c1ccc(-c2ccccc2)cc1. The Balaban J connectivity index is 1.36. The summed E-state index contributed by atoms with van der Waals surface area (Å²) in [6.07, 6.45) is 6.12. The molecule has 4 aromatic carbocycles. The lowest BCUT2D eigenvalue weighted by Gasteiger charge is -2.22. The van der Waals surface area contributed by atoms with E-state index < -0.39 is 10.0 Å². The molecule has 0 spiro atoms. The summed E-state index contributed by atoms with van der Waals surface area (Å²) in [7, 11) is -3.81. The first-order valence-corrected chi connectivity index (χ1v) is 14.2. The summed E-state index contributed by atoms with van der Waals surface area (Å²) in [6.45, 7) is 1.78. The topological polar surface area (TPSA) is 78.1 Å². The van der Waals surface area contributed by atoms with E-state index in [1.807, 2.05) is 97.1 Å². The van der Waals surface area contributed by atoms with Crippen LogP contribution in [-0.2, 0) is 10.0 Å². The van der Waals surface area contributed by atoms with Crippen LogP contribution in [-0.4, -0.2) is 31.7 Å². The maximum atomic E-state index is 13.5. The highest BCUT2D eigenvalue weighted by atomic mass is 32.2. The van der Waals surface area contributed by atoms with E-state index in [9.17, 15) is 8.42 Å². The van der Waals surface area contributed by atoms with E-state index in [4.69, 9.17) is 0 Å². The van der Waals surface area contributed by atoms with Crippen LogP contribution in [0.25, 0.3) is 34.2 Å². The second-order valence-corrected chi connectivity index (χ2v) is 11.1. The van der Waals surface area contributed by atoms with Crippen molar-refractivity contribution in [2.45, 2.75) is 17.7 Å². The Bertz CT molecular complexity index is 1690. The Morgan fingerprint density at radius 3 is 2.16 bits per heavy atom. The van der Waals surface area contributed by atoms with Crippen molar-refractivity contribution in [2.75, 3.05) is 22.7 Å². The van der Waals surface area contributed by atoms with Crippen molar-refractivity contribution < 1.29 is 8.42 Å². The number of aromatic nitrogens is 2. The number of sulfonamides is 1. The number of hydrogen-bond donors (Lipinski definition) is 2. The van der Waals surface area contributed by atoms with Crippen LogP contribution < -0.4 is 9.62 Å². The molecule has 1 saturated heterocycles. The number of benzene rings is 4. The average Bonchev–Trinajstić information content (AvgIpc) is 3.63. The standard InChI is InChI=1S/C31H28N4O2S/c36-38(37,26-16-14-25(15-17-26)24-11-5-2-6-12-24)34-30-21-27-28(18-13-23-9-3-1-4-10-23)32-33-29(27)22-31(30)35-19-7-8-20-35/h1-6,9-18,21-22,34H,7-8,19-20H2,(H,32,33). The third kappa shape index (κ3) is 4.93. The fourth-order valence-electron chi connectivity index (χ4n) is 4.90. The minimum atomic E-state index is -3.81. The smallest absolute Gasteiger partial charge is 0.261 e. The largest absolute Gasteiger partial charge is 0.370 e. The molecule has 1 aliphatic heterocycles. The van der Waals surface area contributed by atoms with Crippen LogP contribution in [0.15, 0.2) is 102 Å². The van der Waals surface area contributed by atoms with Crippen LogP contribution in [0.1, 0.15) is 24.1 Å². The quantitative estimate of drug-likeness (QED) is 0.247. The molecule has 0 radical (unpaired) electrons. The van der Waals surface area contributed by atoms with Gasteiger partial charge in [0.2, 0.25) is 0 Å². The third-order valence-electron chi connectivity index (χ3n) is 6.90. The first-order valence-electron chi connectivity index (χ1n) is 12.8. The fourth-order valence-corrected chi connectivity index (χ4v) is 5.97. The van der Waals surface area contributed by atoms with Crippen molar-refractivity contribution in [2.24, 2.45) is 0 Å². The molecular formula is C31H28N4O2S. The number of anilines is 2. The van der Waals surface area contributed by atoms with Gasteiger partial charge in [0.1, 0.15) is 0 Å². The van der Waals surface area contributed by atoms with Gasteiger partial charge in [-0.2, -0.15) is 5.10 Å². The van der Waals surface area contributed by atoms with Crippen molar-refractivity contribution >= 4 is 44.5 Å². The molecule has 38 heavy (non-hydrogen) atoms. The lowest BCUT2D eigenvalue weighted by atomic mass is 10.1. The Labute approximate surface area is 222 Å². The zero-order chi connectivity index (χ0) is 26.0. The van der Waals surface area contributed by atoms with Gasteiger partial charge in [-0.3, -0.25) is 9.82 Å². The molecule has 0 bridgehead atoms. The average molecular weight is 521 g/mol. The number of hydrogen-bond acceptors (Lipinski definition) is 4. The van der Waals surface area contributed by atoms with Gasteiger partial charge in [-0.25, -0.2) is 8.42 Å². The van der Waals surface area contributed by atoms with Gasteiger partial charge in [-0.1, -0.05) is 78.9 Å². The Morgan fingerprint density at radius 1 is 0.789 bits per heavy atom. The summed E-state index contributed by atoms with van der Waals surface area (Å²) < 4.78 is 29.9. The van der Waals surface area contributed by atoms with E-state index in [1.165, 1.54) is 0 Å². The molecule has 190 valence electrons. The monoisotopic (exact) mass is 520 g/mol. The lowest BCUT2D eigenvalue weighted by Crippen LogP contribution is -2.21. The molecular weight excluding hydrogens is 492 g/mol. The summed E-state index contributed by atoms with van der Waals surface area (Å²) >= 11 is 0.